The molecule has 0 spiro atoms. The number of aryl methyl sites for hydroxylation is 3. The quantitative estimate of drug-likeness (QED) is 0.730. The number of hydrogen-bond donors (Lipinski definition) is 0. The molecule has 5 nitrogen and oxygen atoms in total. The van der Waals surface area contributed by atoms with Crippen molar-refractivity contribution in [1.29, 1.82) is 0 Å². The van der Waals surface area contributed by atoms with Gasteiger partial charge in [-0.05, 0) is 58.0 Å². The summed E-state index contributed by atoms with van der Waals surface area (Å²) in [5, 5.41) is 4.46. The number of carbonyl (C=O) groups is 1. The molecule has 0 aliphatic heterocycles. The Hall–Kier alpha value is -2.14. The molecule has 0 fully saturated rings. The Bertz CT molecular complexity index is 748. The first kappa shape index (κ1) is 20.2. The molecule has 1 aromatic heterocycles. The molecular weight excluding hydrogens is 324 g/mol. The molecule has 0 aliphatic carbocycles. The van der Waals surface area contributed by atoms with Gasteiger partial charge in [0.05, 0.1) is 5.69 Å². The van der Waals surface area contributed by atoms with Crippen LogP contribution >= 0.6 is 0 Å². The van der Waals surface area contributed by atoms with Gasteiger partial charge in [-0.15, -0.1) is 0 Å². The maximum atomic E-state index is 13.0. The largest absolute Gasteiger partial charge is 0.337 e. The lowest BCUT2D eigenvalue weighted by Gasteiger charge is -2.25. The van der Waals surface area contributed by atoms with E-state index in [1.54, 1.807) is 0 Å². The summed E-state index contributed by atoms with van der Waals surface area (Å²) in [5.41, 5.74) is 5.82. The van der Waals surface area contributed by atoms with Gasteiger partial charge >= 0.3 is 0 Å². The molecule has 0 saturated carbocycles. The van der Waals surface area contributed by atoms with Gasteiger partial charge in [0.25, 0.3) is 0 Å². The fourth-order valence-corrected chi connectivity index (χ4v) is 3.18. The zero-order valence-corrected chi connectivity index (χ0v) is 17.0. The van der Waals surface area contributed by atoms with Crippen LogP contribution in [0.3, 0.4) is 0 Å². The van der Waals surface area contributed by atoms with Crippen LogP contribution in [0.25, 0.3) is 0 Å². The maximum Gasteiger partial charge on any atom is 0.223 e. The standard InChI is InChI=1S/C21H32N4O/c1-16-9-7-8-10-19(16)15-25(14-13-23(4)5)21(26)12-11-20-17(2)22-24(6)18(20)3/h7-10H,11-15H2,1-6H3. The van der Waals surface area contributed by atoms with E-state index in [1.165, 1.54) is 16.7 Å². The lowest BCUT2D eigenvalue weighted by atomic mass is 10.1. The van der Waals surface area contributed by atoms with Crippen LogP contribution in [0.15, 0.2) is 24.3 Å². The second-order valence-corrected chi connectivity index (χ2v) is 7.32. The Morgan fingerprint density at radius 2 is 1.81 bits per heavy atom. The third-order valence-electron chi connectivity index (χ3n) is 5.04. The summed E-state index contributed by atoms with van der Waals surface area (Å²) in [6.07, 6.45) is 1.27. The van der Waals surface area contributed by atoms with Gasteiger partial charge in [-0.25, -0.2) is 0 Å². The van der Waals surface area contributed by atoms with Crippen molar-refractivity contribution in [1.82, 2.24) is 19.6 Å². The highest BCUT2D eigenvalue weighted by Crippen LogP contribution is 2.16. The predicted molar refractivity (Wildman–Crippen MR) is 106 cm³/mol. The van der Waals surface area contributed by atoms with Gasteiger partial charge in [0.2, 0.25) is 5.91 Å². The number of aromatic nitrogens is 2. The summed E-state index contributed by atoms with van der Waals surface area (Å²) >= 11 is 0. The molecule has 0 unspecified atom stereocenters. The molecule has 1 heterocycles. The average Bonchev–Trinajstić information content (AvgIpc) is 2.83. The van der Waals surface area contributed by atoms with E-state index < -0.39 is 0 Å². The predicted octanol–water partition coefficient (Wildman–Crippen LogP) is 2.87. The molecule has 2 aromatic rings. The Kier molecular flexibility index (Phi) is 6.98. The number of amides is 1. The van der Waals surface area contributed by atoms with Gasteiger partial charge in [-0.1, -0.05) is 24.3 Å². The molecule has 5 heteroatoms. The highest BCUT2D eigenvalue weighted by molar-refractivity contribution is 5.76. The van der Waals surface area contributed by atoms with Crippen LogP contribution in [0.5, 0.6) is 0 Å². The second-order valence-electron chi connectivity index (χ2n) is 7.32. The van der Waals surface area contributed by atoms with Crippen LogP contribution in [0.4, 0.5) is 0 Å². The Labute approximate surface area is 157 Å². The van der Waals surface area contributed by atoms with Crippen LogP contribution in [0.2, 0.25) is 0 Å². The normalized spacial score (nSPS) is 11.2. The molecular formula is C21H32N4O. The lowest BCUT2D eigenvalue weighted by molar-refractivity contribution is -0.132. The minimum atomic E-state index is 0.206. The topological polar surface area (TPSA) is 41.4 Å². The monoisotopic (exact) mass is 356 g/mol. The summed E-state index contributed by atoms with van der Waals surface area (Å²) < 4.78 is 1.90. The van der Waals surface area contributed by atoms with Crippen molar-refractivity contribution in [2.24, 2.45) is 7.05 Å². The molecule has 142 valence electrons. The highest BCUT2D eigenvalue weighted by atomic mass is 16.2. The van der Waals surface area contributed by atoms with Crippen LogP contribution in [-0.4, -0.2) is 52.7 Å². The lowest BCUT2D eigenvalue weighted by Crippen LogP contribution is -2.36. The van der Waals surface area contributed by atoms with Crippen molar-refractivity contribution in [2.45, 2.75) is 40.2 Å². The summed E-state index contributed by atoms with van der Waals surface area (Å²) in [4.78, 5) is 17.1. The van der Waals surface area contributed by atoms with E-state index in [0.29, 0.717) is 13.0 Å². The van der Waals surface area contributed by atoms with Crippen LogP contribution in [0.1, 0.15) is 34.5 Å². The molecule has 1 amide bonds. The maximum absolute atomic E-state index is 13.0. The number of benzene rings is 1. The minimum absolute atomic E-state index is 0.206. The third kappa shape index (κ3) is 5.18. The molecule has 26 heavy (non-hydrogen) atoms. The number of rotatable bonds is 8. The van der Waals surface area contributed by atoms with Crippen LogP contribution in [-0.2, 0) is 24.8 Å². The summed E-state index contributed by atoms with van der Waals surface area (Å²) in [6.45, 7) is 8.46. The van der Waals surface area contributed by atoms with Crippen LogP contribution < -0.4 is 0 Å². The zero-order valence-electron chi connectivity index (χ0n) is 17.0. The first-order valence-corrected chi connectivity index (χ1v) is 9.25. The van der Waals surface area contributed by atoms with Crippen molar-refractivity contribution in [2.75, 3.05) is 27.2 Å². The highest BCUT2D eigenvalue weighted by Gasteiger charge is 2.17. The number of hydrogen-bond acceptors (Lipinski definition) is 3. The smallest absolute Gasteiger partial charge is 0.223 e. The van der Waals surface area contributed by atoms with E-state index in [9.17, 15) is 4.79 Å². The van der Waals surface area contributed by atoms with Crippen molar-refractivity contribution >= 4 is 5.91 Å². The van der Waals surface area contributed by atoms with Crippen molar-refractivity contribution < 1.29 is 4.79 Å². The Morgan fingerprint density at radius 1 is 1.12 bits per heavy atom. The van der Waals surface area contributed by atoms with Crippen molar-refractivity contribution in [3.8, 4) is 0 Å². The molecule has 2 rings (SSSR count). The Morgan fingerprint density at radius 3 is 2.38 bits per heavy atom. The third-order valence-corrected chi connectivity index (χ3v) is 5.04. The van der Waals surface area contributed by atoms with E-state index in [1.807, 2.05) is 49.8 Å². The van der Waals surface area contributed by atoms with E-state index >= 15 is 0 Å². The SMILES string of the molecule is Cc1ccccc1CN(CCN(C)C)C(=O)CCc1c(C)nn(C)c1C. The van der Waals surface area contributed by atoms with Crippen molar-refractivity contribution in [3.05, 3.63) is 52.3 Å². The van der Waals surface area contributed by atoms with E-state index in [0.717, 1.165) is 30.9 Å². The molecule has 0 aliphatic rings. The number of nitrogens with zero attached hydrogens (tertiary/aromatic N) is 4. The average molecular weight is 357 g/mol. The fourth-order valence-electron chi connectivity index (χ4n) is 3.18. The van der Waals surface area contributed by atoms with E-state index in [4.69, 9.17) is 0 Å². The van der Waals surface area contributed by atoms with Crippen molar-refractivity contribution in [3.63, 3.8) is 0 Å². The minimum Gasteiger partial charge on any atom is -0.337 e. The summed E-state index contributed by atoms with van der Waals surface area (Å²) in [5.74, 6) is 0.206. The van der Waals surface area contributed by atoms with Gasteiger partial charge in [0, 0.05) is 38.8 Å². The first-order valence-electron chi connectivity index (χ1n) is 9.25. The first-order chi connectivity index (χ1) is 12.3. The molecule has 0 atom stereocenters. The number of likely N-dealkylation sites (N-methyl/N-ethyl adjacent to an activating group) is 1. The van der Waals surface area contributed by atoms with Gasteiger partial charge in [0.1, 0.15) is 0 Å². The molecule has 0 saturated heterocycles. The molecule has 0 bridgehead atoms. The van der Waals surface area contributed by atoms with Gasteiger partial charge in [-0.3, -0.25) is 9.48 Å². The number of carbonyl (C=O) groups excluding carboxylic acids is 1. The van der Waals surface area contributed by atoms with Gasteiger partial charge in [0.15, 0.2) is 0 Å². The van der Waals surface area contributed by atoms with Gasteiger partial charge in [-0.2, -0.15) is 5.10 Å². The summed E-state index contributed by atoms with van der Waals surface area (Å²) in [6, 6.07) is 8.30. The molecule has 0 radical (unpaired) electrons. The zero-order chi connectivity index (χ0) is 19.3. The fraction of sp³-hybridized carbons (Fsp3) is 0.524. The molecule has 0 N–H and O–H groups in total. The van der Waals surface area contributed by atoms with E-state index in [-0.39, 0.29) is 5.91 Å². The molecule has 1 aromatic carbocycles. The second kappa shape index (κ2) is 8.99. The summed E-state index contributed by atoms with van der Waals surface area (Å²) in [7, 11) is 6.03. The van der Waals surface area contributed by atoms with Crippen LogP contribution in [0, 0.1) is 20.8 Å². The van der Waals surface area contributed by atoms with Gasteiger partial charge < -0.3 is 9.80 Å². The van der Waals surface area contributed by atoms with E-state index in [2.05, 4.69) is 36.0 Å². The Balaban J connectivity index is 2.08.